The van der Waals surface area contributed by atoms with Gasteiger partial charge in [0, 0.05) is 0 Å². The first-order valence-electron chi connectivity index (χ1n) is 5.49. The fourth-order valence-corrected chi connectivity index (χ4v) is 3.02. The summed E-state index contributed by atoms with van der Waals surface area (Å²) in [6, 6.07) is 9.78. The lowest BCUT2D eigenvalue weighted by Gasteiger charge is -2.11. The maximum Gasteiger partial charge on any atom is 0.265 e. The van der Waals surface area contributed by atoms with E-state index in [2.05, 4.69) is 10.0 Å². The Hall–Kier alpha value is -1.57. The SMILES string of the molecule is CS(=O)(=O)Nc1ccccc1NC(=O)c1ccc(Cl)s1. The molecule has 0 aliphatic carbocycles. The van der Waals surface area contributed by atoms with E-state index in [1.165, 1.54) is 0 Å². The van der Waals surface area contributed by atoms with Crippen molar-refractivity contribution in [1.82, 2.24) is 0 Å². The molecule has 5 nitrogen and oxygen atoms in total. The number of carbonyl (C=O) groups is 1. The van der Waals surface area contributed by atoms with E-state index >= 15 is 0 Å². The normalized spacial score (nSPS) is 11.1. The van der Waals surface area contributed by atoms with E-state index < -0.39 is 10.0 Å². The zero-order valence-electron chi connectivity index (χ0n) is 10.4. The molecule has 20 heavy (non-hydrogen) atoms. The van der Waals surface area contributed by atoms with Crippen molar-refractivity contribution in [3.63, 3.8) is 0 Å². The van der Waals surface area contributed by atoms with Crippen LogP contribution < -0.4 is 10.0 Å². The summed E-state index contributed by atoms with van der Waals surface area (Å²) in [6.07, 6.45) is 1.05. The Balaban J connectivity index is 2.23. The van der Waals surface area contributed by atoms with E-state index in [9.17, 15) is 13.2 Å². The van der Waals surface area contributed by atoms with Gasteiger partial charge in [-0.15, -0.1) is 11.3 Å². The maximum absolute atomic E-state index is 12.0. The fourth-order valence-electron chi connectivity index (χ4n) is 1.50. The summed E-state index contributed by atoms with van der Waals surface area (Å²) >= 11 is 6.92. The molecule has 2 aromatic rings. The number of sulfonamides is 1. The zero-order chi connectivity index (χ0) is 14.8. The van der Waals surface area contributed by atoms with Crippen molar-refractivity contribution in [2.75, 3.05) is 16.3 Å². The zero-order valence-corrected chi connectivity index (χ0v) is 12.8. The van der Waals surface area contributed by atoms with Crippen molar-refractivity contribution in [2.45, 2.75) is 0 Å². The minimum atomic E-state index is -3.42. The van der Waals surface area contributed by atoms with Crippen molar-refractivity contribution >= 4 is 50.2 Å². The van der Waals surface area contributed by atoms with E-state index in [4.69, 9.17) is 11.6 Å². The lowest BCUT2D eigenvalue weighted by atomic mass is 10.2. The Morgan fingerprint density at radius 2 is 1.80 bits per heavy atom. The van der Waals surface area contributed by atoms with Gasteiger partial charge in [0.1, 0.15) is 0 Å². The number of hydrogen-bond acceptors (Lipinski definition) is 4. The van der Waals surface area contributed by atoms with Crippen LogP contribution in [-0.4, -0.2) is 20.6 Å². The molecule has 0 radical (unpaired) electrons. The van der Waals surface area contributed by atoms with Crippen molar-refractivity contribution in [3.05, 3.63) is 45.6 Å². The number of anilines is 2. The molecular weight excluding hydrogens is 320 g/mol. The van der Waals surface area contributed by atoms with E-state index in [1.54, 1.807) is 36.4 Å². The van der Waals surface area contributed by atoms with E-state index in [1.807, 2.05) is 0 Å². The van der Waals surface area contributed by atoms with Gasteiger partial charge in [-0.2, -0.15) is 0 Å². The summed E-state index contributed by atoms with van der Waals surface area (Å²) in [4.78, 5) is 12.5. The number of carbonyl (C=O) groups excluding carboxylic acids is 1. The molecular formula is C12H11ClN2O3S2. The van der Waals surface area contributed by atoms with Gasteiger partial charge in [-0.05, 0) is 24.3 Å². The number of hydrogen-bond donors (Lipinski definition) is 2. The van der Waals surface area contributed by atoms with Crippen molar-refractivity contribution < 1.29 is 13.2 Å². The highest BCUT2D eigenvalue weighted by Gasteiger charge is 2.12. The summed E-state index contributed by atoms with van der Waals surface area (Å²) in [5.74, 6) is -0.343. The van der Waals surface area contributed by atoms with Crippen molar-refractivity contribution in [1.29, 1.82) is 0 Å². The minimum Gasteiger partial charge on any atom is -0.319 e. The Kier molecular flexibility index (Phi) is 4.32. The number of amides is 1. The molecule has 0 saturated carbocycles. The van der Waals surface area contributed by atoms with Gasteiger partial charge >= 0.3 is 0 Å². The number of nitrogens with one attached hydrogen (secondary N) is 2. The molecule has 1 amide bonds. The van der Waals surface area contributed by atoms with Gasteiger partial charge in [0.15, 0.2) is 0 Å². The quantitative estimate of drug-likeness (QED) is 0.904. The second-order valence-electron chi connectivity index (χ2n) is 3.98. The fraction of sp³-hybridized carbons (Fsp3) is 0.0833. The summed E-state index contributed by atoms with van der Waals surface area (Å²) in [6.45, 7) is 0. The number of halogens is 1. The molecule has 8 heteroatoms. The van der Waals surface area contributed by atoms with Gasteiger partial charge in [-0.25, -0.2) is 8.42 Å². The monoisotopic (exact) mass is 330 g/mol. The first-order chi connectivity index (χ1) is 9.35. The average Bonchev–Trinajstić information content (AvgIpc) is 2.77. The molecule has 1 aromatic carbocycles. The Bertz CT molecular complexity index is 741. The third kappa shape index (κ3) is 3.96. The number of rotatable bonds is 4. The van der Waals surface area contributed by atoms with Crippen LogP contribution in [0.4, 0.5) is 11.4 Å². The standard InChI is InChI=1S/C12H11ClN2O3S2/c1-20(17,18)15-9-5-3-2-4-8(9)14-12(16)10-6-7-11(13)19-10/h2-7,15H,1H3,(H,14,16). The Morgan fingerprint density at radius 1 is 1.15 bits per heavy atom. The van der Waals surface area contributed by atoms with Crippen LogP contribution in [0, 0.1) is 0 Å². The highest BCUT2D eigenvalue weighted by Crippen LogP contribution is 2.25. The maximum atomic E-state index is 12.0. The van der Waals surface area contributed by atoms with E-state index in [0.717, 1.165) is 17.6 Å². The molecule has 0 unspecified atom stereocenters. The molecule has 0 saturated heterocycles. The van der Waals surface area contributed by atoms with Crippen LogP contribution in [0.5, 0.6) is 0 Å². The van der Waals surface area contributed by atoms with Crippen LogP contribution in [-0.2, 0) is 10.0 Å². The number of benzene rings is 1. The topological polar surface area (TPSA) is 75.3 Å². The molecule has 2 rings (SSSR count). The van der Waals surface area contributed by atoms with Crippen molar-refractivity contribution in [3.8, 4) is 0 Å². The molecule has 0 aliphatic heterocycles. The largest absolute Gasteiger partial charge is 0.319 e. The van der Waals surface area contributed by atoms with Gasteiger partial charge in [0.05, 0.1) is 26.8 Å². The first kappa shape index (κ1) is 14.8. The van der Waals surface area contributed by atoms with Gasteiger partial charge < -0.3 is 5.32 Å². The van der Waals surface area contributed by atoms with Crippen LogP contribution >= 0.6 is 22.9 Å². The highest BCUT2D eigenvalue weighted by molar-refractivity contribution is 7.92. The summed E-state index contributed by atoms with van der Waals surface area (Å²) in [7, 11) is -3.42. The van der Waals surface area contributed by atoms with Crippen LogP contribution in [0.1, 0.15) is 9.67 Å². The summed E-state index contributed by atoms with van der Waals surface area (Å²) in [5.41, 5.74) is 0.693. The van der Waals surface area contributed by atoms with Gasteiger partial charge in [-0.3, -0.25) is 9.52 Å². The smallest absolute Gasteiger partial charge is 0.265 e. The van der Waals surface area contributed by atoms with Gasteiger partial charge in [-0.1, -0.05) is 23.7 Å². The summed E-state index contributed by atoms with van der Waals surface area (Å²) < 4.78 is 25.4. The van der Waals surface area contributed by atoms with Gasteiger partial charge in [0.25, 0.3) is 5.91 Å². The van der Waals surface area contributed by atoms with E-state index in [-0.39, 0.29) is 5.91 Å². The van der Waals surface area contributed by atoms with Gasteiger partial charge in [0.2, 0.25) is 10.0 Å². The molecule has 0 atom stereocenters. The van der Waals surface area contributed by atoms with Crippen LogP contribution in [0.25, 0.3) is 0 Å². The minimum absolute atomic E-state index is 0.311. The summed E-state index contributed by atoms with van der Waals surface area (Å²) in [5, 5.41) is 2.65. The number of para-hydroxylation sites is 2. The first-order valence-corrected chi connectivity index (χ1v) is 8.57. The molecule has 2 N–H and O–H groups in total. The molecule has 0 spiro atoms. The van der Waals surface area contributed by atoms with Crippen LogP contribution in [0.2, 0.25) is 4.34 Å². The Morgan fingerprint density at radius 3 is 2.35 bits per heavy atom. The van der Waals surface area contributed by atoms with E-state index in [0.29, 0.717) is 20.6 Å². The second kappa shape index (κ2) is 5.82. The second-order valence-corrected chi connectivity index (χ2v) is 7.44. The Labute approximate surface area is 125 Å². The third-order valence-corrected chi connectivity index (χ3v) is 4.09. The van der Waals surface area contributed by atoms with Crippen LogP contribution in [0.15, 0.2) is 36.4 Å². The highest BCUT2D eigenvalue weighted by atomic mass is 35.5. The molecule has 0 aliphatic rings. The molecule has 1 aromatic heterocycles. The molecule has 0 fully saturated rings. The molecule has 106 valence electrons. The molecule has 1 heterocycles. The lowest BCUT2D eigenvalue weighted by Crippen LogP contribution is -2.15. The number of thiophene rings is 1. The third-order valence-electron chi connectivity index (χ3n) is 2.27. The molecule has 0 bridgehead atoms. The van der Waals surface area contributed by atoms with Crippen LogP contribution in [0.3, 0.4) is 0 Å². The predicted octanol–water partition coefficient (Wildman–Crippen LogP) is 3.03. The average molecular weight is 331 g/mol. The van der Waals surface area contributed by atoms with Crippen molar-refractivity contribution in [2.24, 2.45) is 0 Å². The predicted molar refractivity (Wildman–Crippen MR) is 82.2 cm³/mol. The lowest BCUT2D eigenvalue weighted by molar-refractivity contribution is 0.103.